The fourth-order valence-electron chi connectivity index (χ4n) is 1.37. The zero-order valence-corrected chi connectivity index (χ0v) is 9.69. The van der Waals surface area contributed by atoms with Gasteiger partial charge in [0, 0.05) is 11.5 Å². The van der Waals surface area contributed by atoms with Gasteiger partial charge in [-0.2, -0.15) is 16.8 Å². The second-order valence-corrected chi connectivity index (χ2v) is 5.99. The summed E-state index contributed by atoms with van der Waals surface area (Å²) in [6.07, 6.45) is 1.21. The van der Waals surface area contributed by atoms with Gasteiger partial charge in [-0.1, -0.05) is 0 Å². The molecule has 0 aliphatic heterocycles. The molecule has 0 bridgehead atoms. The third-order valence-corrected chi connectivity index (χ3v) is 3.99. The molecule has 0 amide bonds. The molecule has 0 aliphatic carbocycles. The van der Waals surface area contributed by atoms with Crippen molar-refractivity contribution in [2.45, 2.75) is 9.79 Å². The van der Waals surface area contributed by atoms with Crippen LogP contribution in [0.2, 0.25) is 0 Å². The van der Waals surface area contributed by atoms with E-state index in [1.807, 2.05) is 0 Å². The van der Waals surface area contributed by atoms with Gasteiger partial charge in [-0.3, -0.25) is 9.11 Å². The predicted molar refractivity (Wildman–Crippen MR) is 55.8 cm³/mol. The van der Waals surface area contributed by atoms with Gasteiger partial charge >= 0.3 is 0 Å². The Morgan fingerprint density at radius 3 is 2.00 bits per heavy atom. The average Bonchev–Trinajstić information content (AvgIpc) is 2.59. The first-order valence-corrected chi connectivity index (χ1v) is 7.04. The van der Waals surface area contributed by atoms with E-state index in [0.717, 1.165) is 12.1 Å². The van der Waals surface area contributed by atoms with Crippen molar-refractivity contribution in [2.24, 2.45) is 0 Å². The minimum Gasteiger partial charge on any atom is -0.464 e. The van der Waals surface area contributed by atoms with Crippen molar-refractivity contribution >= 4 is 31.2 Å². The molecule has 0 saturated carbocycles. The highest BCUT2D eigenvalue weighted by molar-refractivity contribution is 7.89. The number of benzene rings is 1. The normalized spacial score (nSPS) is 13.1. The van der Waals surface area contributed by atoms with Crippen LogP contribution in [0.15, 0.2) is 38.7 Å². The van der Waals surface area contributed by atoms with Crippen LogP contribution in [0, 0.1) is 0 Å². The smallest absolute Gasteiger partial charge is 0.296 e. The van der Waals surface area contributed by atoms with Crippen molar-refractivity contribution in [3.63, 3.8) is 0 Å². The topological polar surface area (TPSA) is 122 Å². The largest absolute Gasteiger partial charge is 0.464 e. The van der Waals surface area contributed by atoms with E-state index < -0.39 is 30.0 Å². The van der Waals surface area contributed by atoms with Crippen LogP contribution in [-0.4, -0.2) is 25.9 Å². The molecule has 92 valence electrons. The quantitative estimate of drug-likeness (QED) is 0.783. The van der Waals surface area contributed by atoms with E-state index in [4.69, 9.17) is 13.5 Å². The molecule has 9 heteroatoms. The monoisotopic (exact) mass is 278 g/mol. The molecule has 0 saturated heterocycles. The predicted octanol–water partition coefficient (Wildman–Crippen LogP) is 0.926. The van der Waals surface area contributed by atoms with Crippen LogP contribution in [0.5, 0.6) is 0 Å². The molecule has 1 aromatic heterocycles. The maximum Gasteiger partial charge on any atom is 0.296 e. The van der Waals surface area contributed by atoms with E-state index in [-0.39, 0.29) is 11.0 Å². The Balaban J connectivity index is 2.98. The first kappa shape index (κ1) is 12.0. The van der Waals surface area contributed by atoms with Crippen LogP contribution in [-0.2, 0) is 20.2 Å². The Morgan fingerprint density at radius 2 is 1.47 bits per heavy atom. The Kier molecular flexibility index (Phi) is 2.51. The zero-order valence-electron chi connectivity index (χ0n) is 8.06. The zero-order chi connectivity index (χ0) is 12.8. The summed E-state index contributed by atoms with van der Waals surface area (Å²) in [5.74, 6) is 0. The fourth-order valence-corrected chi connectivity index (χ4v) is 3.16. The van der Waals surface area contributed by atoms with Gasteiger partial charge in [0.25, 0.3) is 20.2 Å². The number of hydrogen-bond acceptors (Lipinski definition) is 5. The molecule has 2 rings (SSSR count). The maximum absolute atomic E-state index is 11.0. The Labute approximate surface area is 96.2 Å². The lowest BCUT2D eigenvalue weighted by Crippen LogP contribution is -2.08. The molecule has 2 aromatic rings. The second kappa shape index (κ2) is 3.53. The third kappa shape index (κ3) is 2.17. The summed E-state index contributed by atoms with van der Waals surface area (Å²) in [5.41, 5.74) is 0.0741. The average molecular weight is 278 g/mol. The van der Waals surface area contributed by atoms with Crippen LogP contribution >= 0.6 is 0 Å². The molecule has 0 fully saturated rings. The Bertz CT molecular complexity index is 716. The van der Waals surface area contributed by atoms with Gasteiger partial charge in [-0.25, -0.2) is 0 Å². The van der Waals surface area contributed by atoms with E-state index in [1.54, 1.807) is 0 Å². The lowest BCUT2D eigenvalue weighted by atomic mass is 10.2. The lowest BCUT2D eigenvalue weighted by Gasteiger charge is -2.03. The molecule has 7 nitrogen and oxygen atoms in total. The molecule has 2 N–H and O–H groups in total. The molecule has 1 aromatic carbocycles. The van der Waals surface area contributed by atoms with Crippen molar-refractivity contribution in [3.05, 3.63) is 24.5 Å². The van der Waals surface area contributed by atoms with Gasteiger partial charge in [-0.05, 0) is 12.1 Å². The van der Waals surface area contributed by atoms with E-state index in [0.29, 0.717) is 0 Å². The Hall–Kier alpha value is -1.42. The first-order chi connectivity index (χ1) is 7.69. The number of fused-ring (bicyclic) bond motifs is 1. The maximum atomic E-state index is 11.0. The molecular weight excluding hydrogens is 272 g/mol. The van der Waals surface area contributed by atoms with Gasteiger partial charge in [0.1, 0.15) is 15.4 Å². The first-order valence-electron chi connectivity index (χ1n) is 4.16. The minimum absolute atomic E-state index is 0.0741. The summed E-state index contributed by atoms with van der Waals surface area (Å²) in [6.45, 7) is 0. The summed E-state index contributed by atoms with van der Waals surface area (Å²) in [7, 11) is -9.55. The highest BCUT2D eigenvalue weighted by atomic mass is 32.2. The summed E-state index contributed by atoms with van der Waals surface area (Å²) in [5, 5.41) is 0.282. The summed E-state index contributed by atoms with van der Waals surface area (Å²) < 4.78 is 66.7. The van der Waals surface area contributed by atoms with Gasteiger partial charge in [0.2, 0.25) is 0 Å². The van der Waals surface area contributed by atoms with E-state index >= 15 is 0 Å². The summed E-state index contributed by atoms with van der Waals surface area (Å²) >= 11 is 0. The molecule has 0 spiro atoms. The highest BCUT2D eigenvalue weighted by Gasteiger charge is 2.25. The van der Waals surface area contributed by atoms with Crippen LogP contribution in [0.1, 0.15) is 0 Å². The van der Waals surface area contributed by atoms with Crippen molar-refractivity contribution in [3.8, 4) is 0 Å². The highest BCUT2D eigenvalue weighted by Crippen LogP contribution is 2.27. The summed E-state index contributed by atoms with van der Waals surface area (Å²) in [6, 6.07) is 3.11. The van der Waals surface area contributed by atoms with Gasteiger partial charge in [-0.15, -0.1) is 0 Å². The molecule has 1 heterocycles. The van der Waals surface area contributed by atoms with E-state index in [9.17, 15) is 16.8 Å². The van der Waals surface area contributed by atoms with Crippen molar-refractivity contribution < 1.29 is 30.4 Å². The van der Waals surface area contributed by atoms with Crippen LogP contribution in [0.3, 0.4) is 0 Å². The molecule has 17 heavy (non-hydrogen) atoms. The van der Waals surface area contributed by atoms with Gasteiger partial charge < -0.3 is 4.42 Å². The van der Waals surface area contributed by atoms with Crippen LogP contribution < -0.4 is 0 Å². The number of rotatable bonds is 2. The lowest BCUT2D eigenvalue weighted by molar-refractivity contribution is 0.466. The third-order valence-electron chi connectivity index (χ3n) is 2.07. The molecule has 0 radical (unpaired) electrons. The molecular formula is C8H6O7S2. The number of furan rings is 1. The molecule has 0 unspecified atom stereocenters. The minimum atomic E-state index is -4.79. The SMILES string of the molecule is O=S(=O)(O)c1cc2ccoc2cc1S(=O)(=O)O. The van der Waals surface area contributed by atoms with Crippen molar-refractivity contribution in [1.29, 1.82) is 0 Å². The number of hydrogen-bond donors (Lipinski definition) is 2. The summed E-state index contributed by atoms with van der Waals surface area (Å²) in [4.78, 5) is -1.82. The van der Waals surface area contributed by atoms with Gasteiger partial charge in [0.05, 0.1) is 6.26 Å². The van der Waals surface area contributed by atoms with E-state index in [1.165, 1.54) is 12.3 Å². The van der Waals surface area contributed by atoms with Gasteiger partial charge in [0.15, 0.2) is 0 Å². The molecule has 0 aliphatic rings. The van der Waals surface area contributed by atoms with Crippen molar-refractivity contribution in [1.82, 2.24) is 0 Å². The Morgan fingerprint density at radius 1 is 0.941 bits per heavy atom. The van der Waals surface area contributed by atoms with Crippen LogP contribution in [0.4, 0.5) is 0 Å². The van der Waals surface area contributed by atoms with E-state index in [2.05, 4.69) is 0 Å². The van der Waals surface area contributed by atoms with Crippen molar-refractivity contribution in [2.75, 3.05) is 0 Å². The fraction of sp³-hybridized carbons (Fsp3) is 0. The second-order valence-electron chi connectivity index (χ2n) is 3.21. The molecule has 0 atom stereocenters. The standard InChI is InChI=1S/C8H6O7S2/c9-16(10,11)7-3-5-1-2-15-6(5)4-8(7)17(12,13)14/h1-4H,(H,9,10,11)(H,12,13,14). The van der Waals surface area contributed by atoms with Crippen LogP contribution in [0.25, 0.3) is 11.0 Å².